The number of halogens is 3. The fourth-order valence-corrected chi connectivity index (χ4v) is 4.06. The first-order chi connectivity index (χ1) is 13.3. The number of hydrogen-bond donors (Lipinski definition) is 0. The Hall–Kier alpha value is -2.51. The third kappa shape index (κ3) is 3.59. The van der Waals surface area contributed by atoms with Gasteiger partial charge in [0.2, 0.25) is 0 Å². The van der Waals surface area contributed by atoms with Gasteiger partial charge in [-0.15, -0.1) is 0 Å². The third-order valence-corrected chi connectivity index (χ3v) is 5.54. The van der Waals surface area contributed by atoms with Gasteiger partial charge < -0.3 is 14.1 Å². The number of piperidine rings is 1. The number of likely N-dealkylation sites (tertiary alicyclic amines) is 1. The van der Waals surface area contributed by atoms with Crippen LogP contribution in [-0.2, 0) is 17.6 Å². The zero-order valence-electron chi connectivity index (χ0n) is 15.2. The first kappa shape index (κ1) is 18.8. The molecule has 0 spiro atoms. The van der Waals surface area contributed by atoms with E-state index in [1.807, 2.05) is 0 Å². The van der Waals surface area contributed by atoms with E-state index in [-0.39, 0.29) is 25.2 Å². The van der Waals surface area contributed by atoms with Crippen molar-refractivity contribution in [2.24, 2.45) is 5.92 Å². The molecular formula is C20H20F3NO4. The van der Waals surface area contributed by atoms with Crippen molar-refractivity contribution in [2.45, 2.75) is 38.3 Å². The van der Waals surface area contributed by atoms with E-state index in [4.69, 9.17) is 9.15 Å². The Morgan fingerprint density at radius 2 is 2.00 bits per heavy atom. The number of fused-ring (bicyclic) bond motifs is 3. The maximum atomic E-state index is 12.9. The molecule has 2 heterocycles. The van der Waals surface area contributed by atoms with Gasteiger partial charge in [0.15, 0.2) is 6.61 Å². The van der Waals surface area contributed by atoms with Crippen LogP contribution >= 0.6 is 0 Å². The average molecular weight is 395 g/mol. The summed E-state index contributed by atoms with van der Waals surface area (Å²) in [6.07, 6.45) is -1.47. The molecule has 4 rings (SSSR count). The number of amides is 1. The lowest BCUT2D eigenvalue weighted by molar-refractivity contribution is -0.188. The minimum Gasteiger partial charge on any atom is -0.484 e. The molecule has 5 nitrogen and oxygen atoms in total. The predicted octanol–water partition coefficient (Wildman–Crippen LogP) is 3.46. The second-order valence-electron chi connectivity index (χ2n) is 7.37. The first-order valence-corrected chi connectivity index (χ1v) is 9.39. The van der Waals surface area contributed by atoms with Crippen LogP contribution in [0.25, 0.3) is 11.0 Å². The molecule has 2 aromatic rings. The molecule has 1 aliphatic heterocycles. The number of carbonyl (C=O) groups is 1. The molecule has 1 amide bonds. The summed E-state index contributed by atoms with van der Waals surface area (Å²) >= 11 is 0. The summed E-state index contributed by atoms with van der Waals surface area (Å²) in [4.78, 5) is 25.5. The quantitative estimate of drug-likeness (QED) is 0.747. The highest BCUT2D eigenvalue weighted by atomic mass is 19.4. The smallest absolute Gasteiger partial charge is 0.393 e. The zero-order valence-corrected chi connectivity index (χ0v) is 15.2. The van der Waals surface area contributed by atoms with Gasteiger partial charge in [-0.1, -0.05) is 0 Å². The van der Waals surface area contributed by atoms with Gasteiger partial charge in [0.25, 0.3) is 5.91 Å². The molecule has 0 unspecified atom stereocenters. The molecule has 1 atom stereocenters. The maximum Gasteiger partial charge on any atom is 0.393 e. The standard InChI is InChI=1S/C20H20F3NO4/c21-20(22,23)12-3-2-8-24(10-12)18(25)11-27-13-6-7-15-14-4-1-5-16(14)19(26)28-17(15)9-13/h6-7,9,12H,1-5,8,10-11H2/t12-/m0/s1. The van der Waals surface area contributed by atoms with Crippen LogP contribution in [0.2, 0.25) is 0 Å². The number of rotatable bonds is 3. The molecule has 1 aromatic heterocycles. The highest BCUT2D eigenvalue weighted by Gasteiger charge is 2.42. The van der Waals surface area contributed by atoms with E-state index in [0.29, 0.717) is 24.3 Å². The number of benzene rings is 1. The summed E-state index contributed by atoms with van der Waals surface area (Å²) in [7, 11) is 0. The van der Waals surface area contributed by atoms with Crippen molar-refractivity contribution in [3.63, 3.8) is 0 Å². The third-order valence-electron chi connectivity index (χ3n) is 5.54. The molecule has 0 N–H and O–H groups in total. The summed E-state index contributed by atoms with van der Waals surface area (Å²) in [5.74, 6) is -1.63. The van der Waals surface area contributed by atoms with Crippen molar-refractivity contribution in [1.29, 1.82) is 0 Å². The summed E-state index contributed by atoms with van der Waals surface area (Å²) in [6, 6.07) is 5.03. The lowest BCUT2D eigenvalue weighted by Crippen LogP contribution is -2.46. The van der Waals surface area contributed by atoms with E-state index in [0.717, 1.165) is 35.8 Å². The first-order valence-electron chi connectivity index (χ1n) is 9.39. The lowest BCUT2D eigenvalue weighted by Gasteiger charge is -2.33. The van der Waals surface area contributed by atoms with Crippen LogP contribution in [0.5, 0.6) is 5.75 Å². The topological polar surface area (TPSA) is 59.8 Å². The van der Waals surface area contributed by atoms with Crippen LogP contribution < -0.4 is 10.4 Å². The Morgan fingerprint density at radius 1 is 1.21 bits per heavy atom. The molecule has 0 radical (unpaired) electrons. The summed E-state index contributed by atoms with van der Waals surface area (Å²) in [5, 5.41) is 0.856. The van der Waals surface area contributed by atoms with Gasteiger partial charge in [0.1, 0.15) is 11.3 Å². The monoisotopic (exact) mass is 395 g/mol. The minimum atomic E-state index is -4.30. The van der Waals surface area contributed by atoms with Crippen molar-refractivity contribution in [2.75, 3.05) is 19.7 Å². The van der Waals surface area contributed by atoms with Crippen LogP contribution in [0, 0.1) is 5.92 Å². The van der Waals surface area contributed by atoms with Gasteiger partial charge in [0, 0.05) is 30.1 Å². The highest BCUT2D eigenvalue weighted by Crippen LogP contribution is 2.33. The Labute approximate surface area is 159 Å². The number of carbonyl (C=O) groups excluding carboxylic acids is 1. The molecule has 8 heteroatoms. The molecule has 0 bridgehead atoms. The van der Waals surface area contributed by atoms with Crippen LogP contribution in [0.3, 0.4) is 0 Å². The van der Waals surface area contributed by atoms with Crippen molar-refractivity contribution in [3.05, 3.63) is 39.7 Å². The van der Waals surface area contributed by atoms with Gasteiger partial charge in [-0.05, 0) is 49.8 Å². The fraction of sp³-hybridized carbons (Fsp3) is 0.500. The minimum absolute atomic E-state index is 0.0438. The molecule has 150 valence electrons. The number of alkyl halides is 3. The molecule has 1 aliphatic carbocycles. The normalized spacial score (nSPS) is 19.7. The number of hydrogen-bond acceptors (Lipinski definition) is 4. The second-order valence-corrected chi connectivity index (χ2v) is 7.37. The Balaban J connectivity index is 1.45. The van der Waals surface area contributed by atoms with Gasteiger partial charge in [0.05, 0.1) is 5.92 Å². The van der Waals surface area contributed by atoms with E-state index in [9.17, 15) is 22.8 Å². The second kappa shape index (κ2) is 7.14. The Bertz CT molecular complexity index is 966. The van der Waals surface area contributed by atoms with E-state index in [1.165, 1.54) is 4.90 Å². The van der Waals surface area contributed by atoms with Crippen molar-refractivity contribution < 1.29 is 27.1 Å². The van der Waals surface area contributed by atoms with Crippen LogP contribution in [-0.4, -0.2) is 36.7 Å². The van der Waals surface area contributed by atoms with Crippen LogP contribution in [0.15, 0.2) is 27.4 Å². The summed E-state index contributed by atoms with van der Waals surface area (Å²) in [5.41, 5.74) is 1.77. The zero-order chi connectivity index (χ0) is 19.9. The molecule has 28 heavy (non-hydrogen) atoms. The largest absolute Gasteiger partial charge is 0.484 e. The Morgan fingerprint density at radius 3 is 2.79 bits per heavy atom. The number of nitrogens with zero attached hydrogens (tertiary/aromatic N) is 1. The fourth-order valence-electron chi connectivity index (χ4n) is 4.06. The highest BCUT2D eigenvalue weighted by molar-refractivity contribution is 5.83. The summed E-state index contributed by atoms with van der Waals surface area (Å²) < 4.78 is 49.5. The van der Waals surface area contributed by atoms with E-state index >= 15 is 0 Å². The van der Waals surface area contributed by atoms with Gasteiger partial charge in [-0.2, -0.15) is 13.2 Å². The molecule has 0 saturated carbocycles. The Kier molecular flexibility index (Phi) is 4.81. The lowest BCUT2D eigenvalue weighted by atomic mass is 9.97. The SMILES string of the molecule is O=C(COc1ccc2c3c(c(=O)oc2c1)CCC3)N1CCC[C@H](C(F)(F)F)C1. The van der Waals surface area contributed by atoms with E-state index in [1.54, 1.807) is 18.2 Å². The molecule has 1 saturated heterocycles. The molecular weight excluding hydrogens is 375 g/mol. The van der Waals surface area contributed by atoms with Gasteiger partial charge in [-0.25, -0.2) is 4.79 Å². The molecule has 1 aromatic carbocycles. The van der Waals surface area contributed by atoms with Gasteiger partial charge >= 0.3 is 11.8 Å². The predicted molar refractivity (Wildman–Crippen MR) is 95.4 cm³/mol. The van der Waals surface area contributed by atoms with E-state index < -0.39 is 18.0 Å². The molecule has 1 fully saturated rings. The van der Waals surface area contributed by atoms with Crippen LogP contribution in [0.1, 0.15) is 30.4 Å². The number of ether oxygens (including phenoxy) is 1. The van der Waals surface area contributed by atoms with Gasteiger partial charge in [-0.3, -0.25) is 4.79 Å². The van der Waals surface area contributed by atoms with Crippen LogP contribution in [0.4, 0.5) is 13.2 Å². The maximum absolute atomic E-state index is 12.9. The number of aryl methyl sites for hydroxylation is 1. The van der Waals surface area contributed by atoms with Crippen molar-refractivity contribution >= 4 is 16.9 Å². The van der Waals surface area contributed by atoms with Crippen molar-refractivity contribution in [3.8, 4) is 5.75 Å². The summed E-state index contributed by atoms with van der Waals surface area (Å²) in [6.45, 7) is -0.386. The average Bonchev–Trinajstić information content (AvgIpc) is 3.16. The molecule has 2 aliphatic rings. The van der Waals surface area contributed by atoms with E-state index in [2.05, 4.69) is 0 Å². The van der Waals surface area contributed by atoms with Crippen molar-refractivity contribution in [1.82, 2.24) is 4.90 Å².